The van der Waals surface area contributed by atoms with E-state index in [-0.39, 0.29) is 42.4 Å². The van der Waals surface area contributed by atoms with Gasteiger partial charge in [-0.25, -0.2) is 9.18 Å². The second kappa shape index (κ2) is 4.71. The lowest BCUT2D eigenvalue weighted by molar-refractivity contribution is -0.183. The Hall–Kier alpha value is -1.53. The number of carbonyl (C=O) groups is 2. The molecule has 1 heterocycles. The molecule has 0 amide bonds. The SMILES string of the molecule is C[C@@H]1CC2C3CC(F)=C4CC(=O)C=CC4(C)[C@@]34O[C@H]4CC2(C)[C@@]1(O)C(=O)O. The minimum atomic E-state index is -1.84. The highest BCUT2D eigenvalue weighted by Gasteiger charge is 2.82. The minimum Gasteiger partial charge on any atom is -0.479 e. The van der Waals surface area contributed by atoms with Crippen LogP contribution in [-0.2, 0) is 14.3 Å². The van der Waals surface area contributed by atoms with Gasteiger partial charge in [0.2, 0.25) is 0 Å². The van der Waals surface area contributed by atoms with Crippen LogP contribution in [0.25, 0.3) is 0 Å². The number of hydrogen-bond donors (Lipinski definition) is 2. The molecule has 1 aliphatic heterocycles. The third-order valence-corrected chi connectivity index (χ3v) is 8.86. The van der Waals surface area contributed by atoms with E-state index >= 15 is 4.39 Å². The highest BCUT2D eigenvalue weighted by atomic mass is 19.1. The van der Waals surface area contributed by atoms with Crippen LogP contribution in [0.3, 0.4) is 0 Å². The molecule has 5 rings (SSSR count). The summed E-state index contributed by atoms with van der Waals surface area (Å²) in [4.78, 5) is 23.9. The van der Waals surface area contributed by atoms with Crippen LogP contribution in [0.4, 0.5) is 4.39 Å². The van der Waals surface area contributed by atoms with E-state index in [0.717, 1.165) is 0 Å². The zero-order chi connectivity index (χ0) is 19.6. The molecule has 0 radical (unpaired) electrons. The van der Waals surface area contributed by atoms with Gasteiger partial charge in [-0.15, -0.1) is 0 Å². The largest absolute Gasteiger partial charge is 0.479 e. The lowest BCUT2D eigenvalue weighted by Crippen LogP contribution is -2.61. The zero-order valence-corrected chi connectivity index (χ0v) is 15.8. The molecule has 0 aromatic carbocycles. The van der Waals surface area contributed by atoms with Crippen LogP contribution in [0.5, 0.6) is 0 Å². The summed E-state index contributed by atoms with van der Waals surface area (Å²) in [5, 5.41) is 21.0. The predicted molar refractivity (Wildman–Crippen MR) is 93.3 cm³/mol. The average Bonchev–Trinajstić information content (AvgIpc) is 3.27. The molecule has 2 saturated carbocycles. The molecule has 3 fully saturated rings. The lowest BCUT2D eigenvalue weighted by atomic mass is 9.47. The lowest BCUT2D eigenvalue weighted by Gasteiger charge is -2.54. The summed E-state index contributed by atoms with van der Waals surface area (Å²) in [6.07, 6.45) is 4.31. The quantitative estimate of drug-likeness (QED) is 0.687. The van der Waals surface area contributed by atoms with Gasteiger partial charge < -0.3 is 14.9 Å². The molecule has 5 nitrogen and oxygen atoms in total. The number of carboxylic acids is 1. The molecule has 1 spiro atoms. The molecular formula is C21H25FO5. The number of fused-ring (bicyclic) bond motifs is 3. The number of aliphatic hydroxyl groups is 1. The first-order valence-corrected chi connectivity index (χ1v) is 9.76. The van der Waals surface area contributed by atoms with Gasteiger partial charge in [0.05, 0.1) is 6.10 Å². The van der Waals surface area contributed by atoms with Crippen LogP contribution in [-0.4, -0.2) is 39.3 Å². The van der Waals surface area contributed by atoms with E-state index in [4.69, 9.17) is 4.74 Å². The fourth-order valence-electron chi connectivity index (χ4n) is 7.41. The van der Waals surface area contributed by atoms with E-state index in [1.807, 2.05) is 13.8 Å². The summed E-state index contributed by atoms with van der Waals surface area (Å²) in [6, 6.07) is 0. The van der Waals surface area contributed by atoms with Crippen molar-refractivity contribution in [2.75, 3.05) is 0 Å². The maximum Gasteiger partial charge on any atom is 0.336 e. The predicted octanol–water partition coefficient (Wildman–Crippen LogP) is 2.78. The molecule has 27 heavy (non-hydrogen) atoms. The van der Waals surface area contributed by atoms with Crippen molar-refractivity contribution in [3.05, 3.63) is 23.6 Å². The Bertz CT molecular complexity index is 848. The number of allylic oxidation sites excluding steroid dienone is 2. The summed E-state index contributed by atoms with van der Waals surface area (Å²) < 4.78 is 21.5. The highest BCUT2D eigenvalue weighted by molar-refractivity contribution is 5.93. The normalized spacial score (nSPS) is 55.5. The van der Waals surface area contributed by atoms with Crippen LogP contribution in [0.15, 0.2) is 23.6 Å². The first-order chi connectivity index (χ1) is 12.5. The number of ketones is 1. The molecule has 0 aromatic rings. The van der Waals surface area contributed by atoms with Gasteiger partial charge in [-0.3, -0.25) is 4.79 Å². The van der Waals surface area contributed by atoms with E-state index in [0.29, 0.717) is 18.4 Å². The van der Waals surface area contributed by atoms with Gasteiger partial charge in [-0.05, 0) is 43.3 Å². The van der Waals surface area contributed by atoms with Gasteiger partial charge in [0.1, 0.15) is 11.4 Å². The second-order valence-corrected chi connectivity index (χ2v) is 9.71. The number of epoxide rings is 1. The molecule has 0 aromatic heterocycles. The summed E-state index contributed by atoms with van der Waals surface area (Å²) in [5.74, 6) is -2.33. The van der Waals surface area contributed by atoms with Crippen LogP contribution >= 0.6 is 0 Å². The number of rotatable bonds is 1. The molecule has 8 atom stereocenters. The fraction of sp³-hybridized carbons (Fsp3) is 0.714. The molecule has 0 bridgehead atoms. The van der Waals surface area contributed by atoms with E-state index in [9.17, 15) is 19.8 Å². The average molecular weight is 376 g/mol. The number of carboxylic acid groups (broad SMARTS) is 1. The van der Waals surface area contributed by atoms with Gasteiger partial charge in [0, 0.05) is 29.6 Å². The maximum atomic E-state index is 15.2. The summed E-state index contributed by atoms with van der Waals surface area (Å²) in [6.45, 7) is 5.56. The van der Waals surface area contributed by atoms with Gasteiger partial charge in [0.15, 0.2) is 11.4 Å². The van der Waals surface area contributed by atoms with Crippen LogP contribution < -0.4 is 0 Å². The number of hydrogen-bond acceptors (Lipinski definition) is 4. The Morgan fingerprint density at radius 3 is 2.70 bits per heavy atom. The van der Waals surface area contributed by atoms with Gasteiger partial charge in [-0.1, -0.05) is 19.9 Å². The highest BCUT2D eigenvalue weighted by Crippen LogP contribution is 2.76. The Morgan fingerprint density at radius 2 is 2.04 bits per heavy atom. The number of halogens is 1. The third-order valence-electron chi connectivity index (χ3n) is 8.86. The summed E-state index contributed by atoms with van der Waals surface area (Å²) in [5.41, 5.74) is -3.46. The first kappa shape index (κ1) is 17.6. The number of carbonyl (C=O) groups excluding carboxylic acids is 1. The van der Waals surface area contributed by atoms with Crippen molar-refractivity contribution in [2.24, 2.45) is 28.6 Å². The molecular weight excluding hydrogens is 351 g/mol. The third kappa shape index (κ3) is 1.65. The molecule has 4 aliphatic carbocycles. The monoisotopic (exact) mass is 376 g/mol. The zero-order valence-electron chi connectivity index (χ0n) is 15.8. The van der Waals surface area contributed by atoms with Gasteiger partial charge >= 0.3 is 5.97 Å². The van der Waals surface area contributed by atoms with Gasteiger partial charge in [0.25, 0.3) is 0 Å². The maximum absolute atomic E-state index is 15.2. The van der Waals surface area contributed by atoms with E-state index in [2.05, 4.69) is 0 Å². The smallest absolute Gasteiger partial charge is 0.336 e. The molecule has 5 aliphatic rings. The summed E-state index contributed by atoms with van der Waals surface area (Å²) in [7, 11) is 0. The Kier molecular flexibility index (Phi) is 3.07. The van der Waals surface area contributed by atoms with Crippen molar-refractivity contribution in [2.45, 2.75) is 63.8 Å². The van der Waals surface area contributed by atoms with Crippen molar-refractivity contribution >= 4 is 11.8 Å². The molecule has 4 unspecified atom stereocenters. The van der Waals surface area contributed by atoms with E-state index in [1.165, 1.54) is 6.08 Å². The number of ether oxygens (including phenoxy) is 1. The molecule has 146 valence electrons. The minimum absolute atomic E-state index is 0.0841. The first-order valence-electron chi connectivity index (χ1n) is 9.76. The number of aliphatic carboxylic acids is 1. The molecule has 6 heteroatoms. The van der Waals surface area contributed by atoms with E-state index in [1.54, 1.807) is 13.0 Å². The van der Waals surface area contributed by atoms with E-state index < -0.39 is 33.9 Å². The standard InChI is InChI=1S/C21H25FO5/c1-10-6-12-13-8-15(22)14-7-11(23)4-5-18(14,2)21(13)16(27-21)9-19(12,3)20(10,26)17(24)25/h4-5,10,12-13,16,26H,6-9H2,1-3H3,(H,24,25)/t10-,12?,13?,16+,18?,19?,20+,21-/m1/s1. The van der Waals surface area contributed by atoms with Crippen LogP contribution in [0, 0.1) is 28.6 Å². The van der Waals surface area contributed by atoms with Crippen molar-refractivity contribution in [3.8, 4) is 0 Å². The van der Waals surface area contributed by atoms with Gasteiger partial charge in [-0.2, -0.15) is 0 Å². The van der Waals surface area contributed by atoms with Crippen molar-refractivity contribution in [1.29, 1.82) is 0 Å². The van der Waals surface area contributed by atoms with Crippen molar-refractivity contribution in [1.82, 2.24) is 0 Å². The Labute approximate surface area is 157 Å². The molecule has 1 saturated heterocycles. The van der Waals surface area contributed by atoms with Crippen LogP contribution in [0.2, 0.25) is 0 Å². The topological polar surface area (TPSA) is 87.1 Å². The Balaban J connectivity index is 1.66. The molecule has 2 N–H and O–H groups in total. The van der Waals surface area contributed by atoms with Crippen molar-refractivity contribution in [3.63, 3.8) is 0 Å². The second-order valence-electron chi connectivity index (χ2n) is 9.71. The fourth-order valence-corrected chi connectivity index (χ4v) is 7.41. The summed E-state index contributed by atoms with van der Waals surface area (Å²) >= 11 is 0. The van der Waals surface area contributed by atoms with Crippen molar-refractivity contribution < 1.29 is 28.9 Å². The Morgan fingerprint density at radius 1 is 1.33 bits per heavy atom. The van der Waals surface area contributed by atoms with Crippen LogP contribution in [0.1, 0.15) is 46.5 Å².